The molecule has 0 aromatic heterocycles. The second-order valence-corrected chi connectivity index (χ2v) is 9.10. The molecule has 31 heavy (non-hydrogen) atoms. The maximum atomic E-state index is 13.4. The molecule has 2 N–H and O–H groups in total. The van der Waals surface area contributed by atoms with E-state index in [0.29, 0.717) is 24.4 Å². The molecule has 2 amide bonds. The van der Waals surface area contributed by atoms with Crippen molar-refractivity contribution in [2.24, 2.45) is 11.7 Å². The third-order valence-corrected chi connectivity index (χ3v) is 7.37. The van der Waals surface area contributed by atoms with Crippen molar-refractivity contribution < 1.29 is 14.0 Å². The Morgan fingerprint density at radius 2 is 1.84 bits per heavy atom. The van der Waals surface area contributed by atoms with Crippen LogP contribution in [0, 0.1) is 11.7 Å². The third-order valence-electron chi connectivity index (χ3n) is 5.91. The lowest BCUT2D eigenvalue weighted by molar-refractivity contribution is -0.141. The van der Waals surface area contributed by atoms with Crippen molar-refractivity contribution in [1.29, 1.82) is 0 Å². The van der Waals surface area contributed by atoms with E-state index in [1.807, 2.05) is 42.2 Å². The lowest BCUT2D eigenvalue weighted by Crippen LogP contribution is -2.51. The fourth-order valence-corrected chi connectivity index (χ4v) is 5.60. The summed E-state index contributed by atoms with van der Waals surface area (Å²) in [5.41, 5.74) is 8.19. The van der Waals surface area contributed by atoms with Crippen LogP contribution in [-0.4, -0.2) is 33.7 Å². The normalized spacial score (nSPS) is 21.7. The minimum absolute atomic E-state index is 0.0738. The fourth-order valence-electron chi connectivity index (χ4n) is 4.29. The van der Waals surface area contributed by atoms with Crippen molar-refractivity contribution in [2.45, 2.75) is 38.2 Å². The maximum absolute atomic E-state index is 13.4. The summed E-state index contributed by atoms with van der Waals surface area (Å²) in [6.45, 7) is 3.12. The number of nitrogens with zero attached hydrogens (tertiary/aromatic N) is 2. The standard InChI is InChI=1S/C24H26FN3O2S/c1-16-21(22(26)29)31-24(28(16)15-18-6-3-2-4-7-18)27-13-5-8-19(23(27)30)14-17-9-11-20(25)12-10-17/h2-4,6-7,9-12,19,24H,5,8,13-15H2,1H3,(H2,26,29). The number of primary amides is 1. The first kappa shape index (κ1) is 21.4. The van der Waals surface area contributed by atoms with Gasteiger partial charge < -0.3 is 15.5 Å². The molecule has 2 aliphatic heterocycles. The molecular formula is C24H26FN3O2S. The number of benzene rings is 2. The number of thioether (sulfide) groups is 1. The molecule has 2 aromatic rings. The average Bonchev–Trinajstić information content (AvgIpc) is 3.08. The Labute approximate surface area is 186 Å². The van der Waals surface area contributed by atoms with Gasteiger partial charge in [-0.25, -0.2) is 4.39 Å². The molecule has 0 aliphatic carbocycles. The molecule has 1 fully saturated rings. The van der Waals surface area contributed by atoms with Crippen molar-refractivity contribution >= 4 is 23.6 Å². The molecule has 0 bridgehead atoms. The van der Waals surface area contributed by atoms with Crippen LogP contribution in [0.2, 0.25) is 0 Å². The average molecular weight is 440 g/mol. The first-order valence-corrected chi connectivity index (χ1v) is 11.3. The van der Waals surface area contributed by atoms with Gasteiger partial charge in [0.2, 0.25) is 5.91 Å². The molecule has 0 spiro atoms. The number of carbonyl (C=O) groups excluding carboxylic acids is 2. The summed E-state index contributed by atoms with van der Waals surface area (Å²) < 4.78 is 13.2. The molecule has 2 heterocycles. The molecule has 2 atom stereocenters. The van der Waals surface area contributed by atoms with Crippen molar-refractivity contribution in [3.8, 4) is 0 Å². The van der Waals surface area contributed by atoms with Crippen LogP contribution in [-0.2, 0) is 22.6 Å². The van der Waals surface area contributed by atoms with Crippen LogP contribution in [0.4, 0.5) is 4.39 Å². The fraction of sp³-hybridized carbons (Fsp3) is 0.333. The van der Waals surface area contributed by atoms with Crippen LogP contribution in [0.5, 0.6) is 0 Å². The van der Waals surface area contributed by atoms with E-state index >= 15 is 0 Å². The highest BCUT2D eigenvalue weighted by Gasteiger charge is 2.41. The van der Waals surface area contributed by atoms with E-state index in [0.717, 1.165) is 29.7 Å². The molecule has 1 saturated heterocycles. The number of hydrogen-bond donors (Lipinski definition) is 1. The third kappa shape index (κ3) is 4.61. The van der Waals surface area contributed by atoms with Crippen LogP contribution < -0.4 is 5.73 Å². The number of carbonyl (C=O) groups is 2. The molecule has 5 nitrogen and oxygen atoms in total. The Kier molecular flexibility index (Phi) is 6.32. The minimum Gasteiger partial charge on any atom is -0.365 e. The van der Waals surface area contributed by atoms with Gasteiger partial charge in [-0.15, -0.1) is 0 Å². The summed E-state index contributed by atoms with van der Waals surface area (Å²) in [5.74, 6) is -0.823. The molecule has 2 aliphatic rings. The van der Waals surface area contributed by atoms with Crippen LogP contribution in [0.15, 0.2) is 65.2 Å². The van der Waals surface area contributed by atoms with E-state index in [1.54, 1.807) is 12.1 Å². The molecule has 0 radical (unpaired) electrons. The van der Waals surface area contributed by atoms with Crippen molar-refractivity contribution in [3.05, 3.63) is 82.1 Å². The van der Waals surface area contributed by atoms with E-state index in [-0.39, 0.29) is 23.1 Å². The van der Waals surface area contributed by atoms with Gasteiger partial charge in [-0.3, -0.25) is 9.59 Å². The Balaban J connectivity index is 1.56. The summed E-state index contributed by atoms with van der Waals surface area (Å²) in [5, 5.41) is 0. The van der Waals surface area contributed by atoms with E-state index in [9.17, 15) is 14.0 Å². The topological polar surface area (TPSA) is 66.6 Å². The first-order valence-electron chi connectivity index (χ1n) is 10.5. The number of nitrogens with two attached hydrogens (primary N) is 1. The van der Waals surface area contributed by atoms with Crippen LogP contribution in [0.25, 0.3) is 0 Å². The molecular weight excluding hydrogens is 413 g/mol. The highest BCUT2D eigenvalue weighted by Crippen LogP contribution is 2.42. The number of piperidine rings is 1. The van der Waals surface area contributed by atoms with Gasteiger partial charge in [-0.05, 0) is 49.4 Å². The summed E-state index contributed by atoms with van der Waals surface area (Å²) in [7, 11) is 0. The lowest BCUT2D eigenvalue weighted by atomic mass is 9.90. The van der Waals surface area contributed by atoms with Crippen LogP contribution in [0.1, 0.15) is 30.9 Å². The Hall–Kier alpha value is -2.80. The summed E-state index contributed by atoms with van der Waals surface area (Å²) >= 11 is 1.36. The number of amides is 2. The number of allylic oxidation sites excluding steroid dienone is 1. The van der Waals surface area contributed by atoms with Crippen molar-refractivity contribution in [1.82, 2.24) is 9.80 Å². The van der Waals surface area contributed by atoms with Crippen LogP contribution >= 0.6 is 11.8 Å². The summed E-state index contributed by atoms with van der Waals surface area (Å²) in [6.07, 6.45) is 2.28. The van der Waals surface area contributed by atoms with Gasteiger partial charge in [0.05, 0.1) is 4.91 Å². The summed E-state index contributed by atoms with van der Waals surface area (Å²) in [4.78, 5) is 30.0. The second-order valence-electron chi connectivity index (χ2n) is 8.04. The predicted octanol–water partition coefficient (Wildman–Crippen LogP) is 3.86. The summed E-state index contributed by atoms with van der Waals surface area (Å²) in [6, 6.07) is 16.3. The Bertz CT molecular complexity index is 994. The molecule has 4 rings (SSSR count). The van der Waals surface area contributed by atoms with Gasteiger partial charge in [0, 0.05) is 24.7 Å². The van der Waals surface area contributed by atoms with E-state index < -0.39 is 5.91 Å². The van der Waals surface area contributed by atoms with Gasteiger partial charge in [0.15, 0.2) is 5.50 Å². The zero-order valence-corrected chi connectivity index (χ0v) is 18.3. The lowest BCUT2D eigenvalue weighted by Gasteiger charge is -2.41. The Morgan fingerprint density at radius 3 is 2.52 bits per heavy atom. The van der Waals surface area contributed by atoms with Gasteiger partial charge in [-0.2, -0.15) is 0 Å². The number of likely N-dealkylation sites (tertiary alicyclic amines) is 1. The monoisotopic (exact) mass is 439 g/mol. The van der Waals surface area contributed by atoms with E-state index in [1.165, 1.54) is 23.9 Å². The second kappa shape index (κ2) is 9.14. The van der Waals surface area contributed by atoms with Gasteiger partial charge in [-0.1, -0.05) is 54.2 Å². The zero-order valence-electron chi connectivity index (χ0n) is 17.5. The van der Waals surface area contributed by atoms with Gasteiger partial charge >= 0.3 is 0 Å². The highest BCUT2D eigenvalue weighted by molar-refractivity contribution is 8.04. The SMILES string of the molecule is CC1=C(C(N)=O)SC(N2CCCC(Cc3ccc(F)cc3)C2=O)N1Cc1ccccc1. The number of hydrogen-bond acceptors (Lipinski definition) is 4. The molecule has 162 valence electrons. The molecule has 0 saturated carbocycles. The molecule has 2 aromatic carbocycles. The first-order chi connectivity index (χ1) is 14.9. The van der Waals surface area contributed by atoms with Crippen molar-refractivity contribution in [2.75, 3.05) is 6.54 Å². The van der Waals surface area contributed by atoms with Gasteiger partial charge in [0.25, 0.3) is 5.91 Å². The quantitative estimate of drug-likeness (QED) is 0.742. The zero-order chi connectivity index (χ0) is 22.0. The largest absolute Gasteiger partial charge is 0.365 e. The Morgan fingerprint density at radius 1 is 1.13 bits per heavy atom. The minimum atomic E-state index is -0.463. The molecule has 2 unspecified atom stereocenters. The van der Waals surface area contributed by atoms with E-state index in [4.69, 9.17) is 5.73 Å². The smallest absolute Gasteiger partial charge is 0.257 e. The van der Waals surface area contributed by atoms with Gasteiger partial charge in [0.1, 0.15) is 5.82 Å². The number of halogens is 1. The van der Waals surface area contributed by atoms with Crippen LogP contribution in [0.3, 0.4) is 0 Å². The highest BCUT2D eigenvalue weighted by atomic mass is 32.2. The maximum Gasteiger partial charge on any atom is 0.257 e. The van der Waals surface area contributed by atoms with Crippen molar-refractivity contribution in [3.63, 3.8) is 0 Å². The number of rotatable bonds is 6. The molecule has 7 heteroatoms. The predicted molar refractivity (Wildman–Crippen MR) is 120 cm³/mol. The van der Waals surface area contributed by atoms with E-state index in [2.05, 4.69) is 4.90 Å².